The van der Waals surface area contributed by atoms with Gasteiger partial charge in [0.15, 0.2) is 0 Å². The zero-order valence-corrected chi connectivity index (χ0v) is 21.0. The van der Waals surface area contributed by atoms with Gasteiger partial charge in [0, 0.05) is 19.0 Å². The summed E-state index contributed by atoms with van der Waals surface area (Å²) in [5.41, 5.74) is -1.07. The van der Waals surface area contributed by atoms with Crippen LogP contribution in [0.5, 0.6) is 0 Å². The third kappa shape index (κ3) is 5.18. The number of alkyl halides is 3. The first kappa shape index (κ1) is 26.9. The summed E-state index contributed by atoms with van der Waals surface area (Å²) in [6.45, 7) is 5.30. The van der Waals surface area contributed by atoms with E-state index >= 15 is 0 Å². The van der Waals surface area contributed by atoms with Crippen LogP contribution in [0.3, 0.4) is 0 Å². The minimum Gasteiger partial charge on any atom is -0.356 e. The van der Waals surface area contributed by atoms with E-state index in [0.717, 1.165) is 6.42 Å². The van der Waals surface area contributed by atoms with Crippen LogP contribution < -0.4 is 16.0 Å². The van der Waals surface area contributed by atoms with Crippen molar-refractivity contribution in [1.29, 1.82) is 5.26 Å². The molecule has 8 atom stereocenters. The average molecular weight is 524 g/mol. The molecule has 4 rings (SSSR count). The quantitative estimate of drug-likeness (QED) is 0.451. The third-order valence-corrected chi connectivity index (χ3v) is 8.15. The van der Waals surface area contributed by atoms with Gasteiger partial charge in [-0.1, -0.05) is 32.9 Å². The van der Waals surface area contributed by atoms with Crippen LogP contribution >= 0.6 is 0 Å². The second-order valence-corrected chi connectivity index (χ2v) is 11.6. The summed E-state index contributed by atoms with van der Waals surface area (Å²) in [4.78, 5) is 52.4. The van der Waals surface area contributed by atoms with Gasteiger partial charge in [-0.25, -0.2) is 0 Å². The molecule has 2 aliphatic heterocycles. The summed E-state index contributed by atoms with van der Waals surface area (Å²) in [6.07, 6.45) is 0.402. The minimum absolute atomic E-state index is 0.0301. The highest BCUT2D eigenvalue weighted by Gasteiger charge is 2.59. The number of rotatable bonds is 6. The Morgan fingerprint density at radius 2 is 1.86 bits per heavy atom. The van der Waals surface area contributed by atoms with E-state index in [2.05, 4.69) is 16.7 Å². The monoisotopic (exact) mass is 523 g/mol. The molecule has 3 N–H and O–H groups in total. The van der Waals surface area contributed by atoms with E-state index in [9.17, 15) is 37.6 Å². The van der Waals surface area contributed by atoms with Crippen LogP contribution in [0.2, 0.25) is 0 Å². The van der Waals surface area contributed by atoms with Crippen molar-refractivity contribution < 1.29 is 32.3 Å². The van der Waals surface area contributed by atoms with Crippen LogP contribution in [0.1, 0.15) is 40.0 Å². The maximum atomic E-state index is 13.7. The number of hydrogen-bond donors (Lipinski definition) is 3. The number of allylic oxidation sites excluding steroid dienone is 2. The van der Waals surface area contributed by atoms with E-state index < -0.39 is 53.4 Å². The number of nitriles is 1. The molecule has 0 spiro atoms. The molecular formula is C25H32F3N5O4. The highest BCUT2D eigenvalue weighted by molar-refractivity contribution is 5.94. The number of nitrogens with zero attached hydrogens (tertiary/aromatic N) is 2. The number of carbonyl (C=O) groups is 4. The second-order valence-electron chi connectivity index (χ2n) is 11.6. The van der Waals surface area contributed by atoms with Crippen molar-refractivity contribution >= 4 is 23.6 Å². The predicted octanol–water partition coefficient (Wildman–Crippen LogP) is 1.26. The molecular weight excluding hydrogens is 491 g/mol. The lowest BCUT2D eigenvalue weighted by Crippen LogP contribution is -2.60. The molecule has 4 aliphatic rings. The molecule has 2 aliphatic carbocycles. The van der Waals surface area contributed by atoms with E-state index in [4.69, 9.17) is 0 Å². The molecule has 2 saturated heterocycles. The molecule has 0 radical (unpaired) electrons. The molecule has 0 aromatic heterocycles. The van der Waals surface area contributed by atoms with Crippen LogP contribution in [-0.2, 0) is 19.2 Å². The Morgan fingerprint density at radius 3 is 2.43 bits per heavy atom. The van der Waals surface area contributed by atoms with Crippen molar-refractivity contribution in [2.75, 3.05) is 13.1 Å². The van der Waals surface area contributed by atoms with Crippen molar-refractivity contribution in [3.63, 3.8) is 0 Å². The first-order valence-corrected chi connectivity index (χ1v) is 12.6. The number of likely N-dealkylation sites (tertiary alicyclic amines) is 1. The van der Waals surface area contributed by atoms with Crippen molar-refractivity contribution in [3.05, 3.63) is 12.2 Å². The smallest absolute Gasteiger partial charge is 0.356 e. The minimum atomic E-state index is -5.17. The molecule has 12 heteroatoms. The predicted molar refractivity (Wildman–Crippen MR) is 124 cm³/mol. The van der Waals surface area contributed by atoms with E-state index in [1.165, 1.54) is 4.90 Å². The molecule has 4 amide bonds. The van der Waals surface area contributed by atoms with Gasteiger partial charge in [0.25, 0.3) is 0 Å². The largest absolute Gasteiger partial charge is 0.471 e. The van der Waals surface area contributed by atoms with Crippen molar-refractivity contribution in [3.8, 4) is 6.07 Å². The lowest BCUT2D eigenvalue weighted by atomic mass is 9.81. The Bertz CT molecular complexity index is 1050. The SMILES string of the molecule is CC(C)(C)C(NC(=O)C(F)(F)F)C(=O)N1CC2C3C=CC(C3)C2C1C(=O)NC(C#N)CC1CCNC1=O. The van der Waals surface area contributed by atoms with Gasteiger partial charge in [-0.3, -0.25) is 19.2 Å². The van der Waals surface area contributed by atoms with E-state index in [1.807, 2.05) is 17.5 Å². The van der Waals surface area contributed by atoms with Gasteiger partial charge in [0.1, 0.15) is 18.1 Å². The van der Waals surface area contributed by atoms with Crippen LogP contribution in [0, 0.1) is 46.3 Å². The van der Waals surface area contributed by atoms with E-state index in [-0.39, 0.29) is 42.5 Å². The fraction of sp³-hybridized carbons (Fsp3) is 0.720. The summed E-state index contributed by atoms with van der Waals surface area (Å²) in [7, 11) is 0. The normalized spacial score (nSPS) is 31.9. The van der Waals surface area contributed by atoms with Crippen LogP contribution in [0.25, 0.3) is 0 Å². The summed E-state index contributed by atoms with van der Waals surface area (Å²) >= 11 is 0. The maximum Gasteiger partial charge on any atom is 0.471 e. The molecule has 9 nitrogen and oxygen atoms in total. The van der Waals surface area contributed by atoms with Gasteiger partial charge in [-0.2, -0.15) is 18.4 Å². The molecule has 3 fully saturated rings. The number of amides is 4. The van der Waals surface area contributed by atoms with E-state index in [1.54, 1.807) is 20.8 Å². The standard InChI is InChI=1S/C25H32F3N5O4/c1-24(2,3)19(32-23(37)25(26,27)28)22(36)33-11-16-12-4-5-13(8-12)17(16)18(33)21(35)31-15(10-29)9-14-6-7-30-20(14)34/h4-5,12-19H,6-9,11H2,1-3H3,(H,30,34)(H,31,35)(H,32,37). The number of halogens is 3. The van der Waals surface area contributed by atoms with Crippen molar-refractivity contribution in [2.45, 2.75) is 64.3 Å². The number of hydrogen-bond acceptors (Lipinski definition) is 5. The maximum absolute atomic E-state index is 13.7. The van der Waals surface area contributed by atoms with E-state index in [0.29, 0.717) is 13.0 Å². The molecule has 0 aromatic carbocycles. The molecule has 2 heterocycles. The Hall–Kier alpha value is -3.10. The van der Waals surface area contributed by atoms with Crippen molar-refractivity contribution in [2.24, 2.45) is 35.0 Å². The lowest BCUT2D eigenvalue weighted by Gasteiger charge is -2.37. The van der Waals surface area contributed by atoms with Crippen molar-refractivity contribution in [1.82, 2.24) is 20.9 Å². The third-order valence-electron chi connectivity index (χ3n) is 8.15. The summed E-state index contributed by atoms with van der Waals surface area (Å²) < 4.78 is 39.2. The molecule has 37 heavy (non-hydrogen) atoms. The Labute approximate surface area is 213 Å². The first-order chi connectivity index (χ1) is 17.2. The highest BCUT2D eigenvalue weighted by Crippen LogP contribution is 2.54. The second kappa shape index (κ2) is 9.65. The first-order valence-electron chi connectivity index (χ1n) is 12.6. The Balaban J connectivity index is 1.58. The summed E-state index contributed by atoms with van der Waals surface area (Å²) in [6, 6.07) is -1.46. The van der Waals surface area contributed by atoms with Gasteiger partial charge in [0.05, 0.1) is 6.07 Å². The average Bonchev–Trinajstić information content (AvgIpc) is 3.57. The summed E-state index contributed by atoms with van der Waals surface area (Å²) in [5.74, 6) is -4.25. The van der Waals surface area contributed by atoms with Gasteiger partial charge >= 0.3 is 12.1 Å². The fourth-order valence-corrected chi connectivity index (χ4v) is 6.36. The van der Waals surface area contributed by atoms with Gasteiger partial charge in [0.2, 0.25) is 17.7 Å². The van der Waals surface area contributed by atoms with Gasteiger partial charge < -0.3 is 20.9 Å². The highest BCUT2D eigenvalue weighted by atomic mass is 19.4. The van der Waals surface area contributed by atoms with Gasteiger partial charge in [-0.15, -0.1) is 0 Å². The zero-order valence-electron chi connectivity index (χ0n) is 21.0. The topological polar surface area (TPSA) is 131 Å². The molecule has 0 aromatic rings. The number of carbonyl (C=O) groups excluding carboxylic acids is 4. The number of fused-ring (bicyclic) bond motifs is 5. The van der Waals surface area contributed by atoms with Gasteiger partial charge in [-0.05, 0) is 48.3 Å². The fourth-order valence-electron chi connectivity index (χ4n) is 6.36. The van der Waals surface area contributed by atoms with Crippen LogP contribution in [0.15, 0.2) is 12.2 Å². The zero-order chi connectivity index (χ0) is 27.3. The Morgan fingerprint density at radius 1 is 1.19 bits per heavy atom. The molecule has 202 valence electrons. The summed E-state index contributed by atoms with van der Waals surface area (Å²) in [5, 5.41) is 16.9. The number of nitrogens with one attached hydrogen (secondary N) is 3. The van der Waals surface area contributed by atoms with Crippen LogP contribution in [0.4, 0.5) is 13.2 Å². The van der Waals surface area contributed by atoms with Crippen LogP contribution in [-0.4, -0.2) is 65.9 Å². The molecule has 8 unspecified atom stereocenters. The lowest BCUT2D eigenvalue weighted by molar-refractivity contribution is -0.176. The Kier molecular flexibility index (Phi) is 7.03. The molecule has 2 bridgehead atoms. The molecule has 1 saturated carbocycles.